The van der Waals surface area contributed by atoms with Crippen LogP contribution in [0.3, 0.4) is 0 Å². The summed E-state index contributed by atoms with van der Waals surface area (Å²) in [5, 5.41) is 16.1. The second kappa shape index (κ2) is 8.31. The normalized spacial score (nSPS) is 12.1. The van der Waals surface area contributed by atoms with Gasteiger partial charge in [-0.1, -0.05) is 0 Å². The standard InChI is InChI=1S/C16H20N2O2S2/c1-11-14(16(20)18-13(5-7-19)10-21-2)3-4-15(17-11)12-6-8-22-9-12/h3-4,6,8-9,13,19H,5,7,10H2,1-2H3,(H,18,20). The molecule has 0 aromatic carbocycles. The molecule has 0 saturated carbocycles. The largest absolute Gasteiger partial charge is 0.396 e. The van der Waals surface area contributed by atoms with Crippen molar-refractivity contribution in [2.24, 2.45) is 0 Å². The fraction of sp³-hybridized carbons (Fsp3) is 0.375. The highest BCUT2D eigenvalue weighted by Crippen LogP contribution is 2.21. The Morgan fingerprint density at radius 3 is 2.86 bits per heavy atom. The van der Waals surface area contributed by atoms with E-state index < -0.39 is 0 Å². The number of pyridine rings is 1. The summed E-state index contributed by atoms with van der Waals surface area (Å²) >= 11 is 3.28. The van der Waals surface area contributed by atoms with Crippen molar-refractivity contribution in [3.05, 3.63) is 40.2 Å². The summed E-state index contributed by atoms with van der Waals surface area (Å²) in [5.41, 5.74) is 3.25. The second-order valence-electron chi connectivity index (χ2n) is 4.98. The molecule has 2 aromatic rings. The monoisotopic (exact) mass is 336 g/mol. The van der Waals surface area contributed by atoms with Crippen molar-refractivity contribution < 1.29 is 9.90 Å². The summed E-state index contributed by atoms with van der Waals surface area (Å²) in [4.78, 5) is 16.9. The first-order chi connectivity index (χ1) is 10.7. The fourth-order valence-electron chi connectivity index (χ4n) is 2.19. The van der Waals surface area contributed by atoms with E-state index >= 15 is 0 Å². The number of carbonyl (C=O) groups excluding carboxylic acids is 1. The van der Waals surface area contributed by atoms with E-state index in [-0.39, 0.29) is 18.6 Å². The number of aromatic nitrogens is 1. The van der Waals surface area contributed by atoms with Crippen LogP contribution in [0.2, 0.25) is 0 Å². The summed E-state index contributed by atoms with van der Waals surface area (Å²) in [6.07, 6.45) is 2.55. The van der Waals surface area contributed by atoms with Crippen LogP contribution in [0, 0.1) is 6.92 Å². The Morgan fingerprint density at radius 2 is 2.27 bits per heavy atom. The first kappa shape index (κ1) is 17.0. The van der Waals surface area contributed by atoms with E-state index in [1.807, 2.05) is 42.1 Å². The first-order valence-electron chi connectivity index (χ1n) is 7.06. The van der Waals surface area contributed by atoms with Gasteiger partial charge in [-0.15, -0.1) is 0 Å². The van der Waals surface area contributed by atoms with Gasteiger partial charge in [0.1, 0.15) is 0 Å². The van der Waals surface area contributed by atoms with Gasteiger partial charge in [-0.25, -0.2) is 0 Å². The predicted octanol–water partition coefficient (Wildman–Crippen LogP) is 2.96. The number of aliphatic hydroxyl groups is 1. The van der Waals surface area contributed by atoms with E-state index in [2.05, 4.69) is 10.3 Å². The average molecular weight is 336 g/mol. The molecule has 0 aliphatic carbocycles. The van der Waals surface area contributed by atoms with Crippen molar-refractivity contribution in [3.8, 4) is 11.3 Å². The lowest BCUT2D eigenvalue weighted by molar-refractivity contribution is 0.0934. The molecule has 1 unspecified atom stereocenters. The Kier molecular flexibility index (Phi) is 6.42. The van der Waals surface area contributed by atoms with Gasteiger partial charge in [0.05, 0.1) is 17.0 Å². The summed E-state index contributed by atoms with van der Waals surface area (Å²) in [7, 11) is 0. The minimum Gasteiger partial charge on any atom is -0.396 e. The number of aryl methyl sites for hydroxylation is 1. The zero-order chi connectivity index (χ0) is 15.9. The van der Waals surface area contributed by atoms with E-state index in [0.29, 0.717) is 17.7 Å². The number of thioether (sulfide) groups is 1. The van der Waals surface area contributed by atoms with E-state index in [0.717, 1.165) is 17.0 Å². The topological polar surface area (TPSA) is 62.2 Å². The van der Waals surface area contributed by atoms with Crippen molar-refractivity contribution in [1.29, 1.82) is 0 Å². The molecule has 0 saturated heterocycles. The van der Waals surface area contributed by atoms with Crippen molar-refractivity contribution in [3.63, 3.8) is 0 Å². The van der Waals surface area contributed by atoms with Crippen LogP contribution in [0.1, 0.15) is 22.5 Å². The number of nitrogens with zero attached hydrogens (tertiary/aromatic N) is 1. The molecule has 2 rings (SSSR count). The van der Waals surface area contributed by atoms with Crippen molar-refractivity contribution in [2.75, 3.05) is 18.6 Å². The van der Waals surface area contributed by atoms with Crippen LogP contribution in [0.4, 0.5) is 0 Å². The molecule has 118 valence electrons. The molecule has 0 aliphatic rings. The number of hydrogen-bond acceptors (Lipinski definition) is 5. The van der Waals surface area contributed by atoms with Crippen LogP contribution in [0.15, 0.2) is 29.0 Å². The first-order valence-corrected chi connectivity index (χ1v) is 9.40. The van der Waals surface area contributed by atoms with Crippen LogP contribution < -0.4 is 5.32 Å². The summed E-state index contributed by atoms with van der Waals surface area (Å²) in [5.74, 6) is 0.653. The molecule has 0 aliphatic heterocycles. The number of thiophene rings is 1. The maximum atomic E-state index is 12.4. The molecular formula is C16H20N2O2S2. The van der Waals surface area contributed by atoms with Gasteiger partial charge in [0.25, 0.3) is 5.91 Å². The highest BCUT2D eigenvalue weighted by atomic mass is 32.2. The van der Waals surface area contributed by atoms with Gasteiger partial charge in [0.15, 0.2) is 0 Å². The molecule has 4 nitrogen and oxygen atoms in total. The third-order valence-electron chi connectivity index (χ3n) is 3.33. The van der Waals surface area contributed by atoms with Crippen molar-refractivity contribution >= 4 is 29.0 Å². The minimum atomic E-state index is -0.130. The van der Waals surface area contributed by atoms with Gasteiger partial charge in [-0.05, 0) is 43.2 Å². The van der Waals surface area contributed by atoms with Crippen LogP contribution in [0.5, 0.6) is 0 Å². The summed E-state index contributed by atoms with van der Waals surface area (Å²) < 4.78 is 0. The molecule has 2 aromatic heterocycles. The summed E-state index contributed by atoms with van der Waals surface area (Å²) in [6.45, 7) is 1.92. The lowest BCUT2D eigenvalue weighted by atomic mass is 10.1. The molecule has 6 heteroatoms. The van der Waals surface area contributed by atoms with Gasteiger partial charge in [-0.3, -0.25) is 9.78 Å². The number of carbonyl (C=O) groups is 1. The fourth-order valence-corrected chi connectivity index (χ4v) is 3.49. The molecule has 2 N–H and O–H groups in total. The van der Waals surface area contributed by atoms with E-state index in [1.54, 1.807) is 23.1 Å². The average Bonchev–Trinajstić information content (AvgIpc) is 3.01. The Bertz CT molecular complexity index is 609. The molecule has 2 heterocycles. The van der Waals surface area contributed by atoms with Gasteiger partial charge in [0, 0.05) is 29.3 Å². The van der Waals surface area contributed by atoms with E-state index in [4.69, 9.17) is 5.11 Å². The minimum absolute atomic E-state index is 0.0246. The predicted molar refractivity (Wildman–Crippen MR) is 93.6 cm³/mol. The van der Waals surface area contributed by atoms with Crippen LogP contribution in [0.25, 0.3) is 11.3 Å². The number of hydrogen-bond donors (Lipinski definition) is 2. The maximum Gasteiger partial charge on any atom is 0.253 e. The van der Waals surface area contributed by atoms with E-state index in [9.17, 15) is 4.79 Å². The van der Waals surface area contributed by atoms with Gasteiger partial charge in [0.2, 0.25) is 0 Å². The highest BCUT2D eigenvalue weighted by Gasteiger charge is 2.16. The number of rotatable bonds is 7. The third-order valence-corrected chi connectivity index (χ3v) is 4.75. The molecule has 0 bridgehead atoms. The Labute approximate surface area is 139 Å². The molecule has 22 heavy (non-hydrogen) atoms. The smallest absolute Gasteiger partial charge is 0.253 e. The van der Waals surface area contributed by atoms with Crippen molar-refractivity contribution in [1.82, 2.24) is 10.3 Å². The zero-order valence-corrected chi connectivity index (χ0v) is 14.3. The van der Waals surface area contributed by atoms with Gasteiger partial charge < -0.3 is 10.4 Å². The molecule has 0 fully saturated rings. The number of amides is 1. The van der Waals surface area contributed by atoms with Crippen LogP contribution in [-0.4, -0.2) is 40.7 Å². The summed E-state index contributed by atoms with van der Waals surface area (Å²) in [6, 6.07) is 5.69. The zero-order valence-electron chi connectivity index (χ0n) is 12.7. The lowest BCUT2D eigenvalue weighted by Gasteiger charge is -2.17. The Hall–Kier alpha value is -1.37. The number of aliphatic hydroxyl groups excluding tert-OH is 1. The molecular weight excluding hydrogens is 316 g/mol. The Balaban J connectivity index is 2.13. The third kappa shape index (κ3) is 4.32. The Morgan fingerprint density at radius 1 is 1.45 bits per heavy atom. The molecule has 1 amide bonds. The second-order valence-corrected chi connectivity index (χ2v) is 6.67. The molecule has 0 spiro atoms. The highest BCUT2D eigenvalue weighted by molar-refractivity contribution is 7.98. The SMILES string of the molecule is CSCC(CCO)NC(=O)c1ccc(-c2ccsc2)nc1C. The maximum absolute atomic E-state index is 12.4. The van der Waals surface area contributed by atoms with Crippen LogP contribution >= 0.6 is 23.1 Å². The lowest BCUT2D eigenvalue weighted by Crippen LogP contribution is -2.37. The molecule has 0 radical (unpaired) electrons. The molecule has 1 atom stereocenters. The van der Waals surface area contributed by atoms with Crippen LogP contribution in [-0.2, 0) is 0 Å². The van der Waals surface area contributed by atoms with Gasteiger partial charge >= 0.3 is 0 Å². The van der Waals surface area contributed by atoms with Gasteiger partial charge in [-0.2, -0.15) is 23.1 Å². The van der Waals surface area contributed by atoms with E-state index in [1.165, 1.54) is 0 Å². The van der Waals surface area contributed by atoms with Crippen molar-refractivity contribution in [2.45, 2.75) is 19.4 Å². The quantitative estimate of drug-likeness (QED) is 0.816. The number of nitrogens with one attached hydrogen (secondary N) is 1.